The smallest absolute Gasteiger partial charge is 0.416 e. The highest BCUT2D eigenvalue weighted by atomic mass is 128. The Hall–Kier alpha value is -1.24. The first-order chi connectivity index (χ1) is 24.9. The number of benzene rings is 2. The third-order valence-electron chi connectivity index (χ3n) is 9.95. The van der Waals surface area contributed by atoms with Crippen molar-refractivity contribution >= 4 is 75.4 Å². The number of sulfone groups is 2. The fourth-order valence-electron chi connectivity index (χ4n) is 6.52. The van der Waals surface area contributed by atoms with E-state index in [4.69, 9.17) is 4.74 Å². The maximum atomic E-state index is 13.8. The SMILES string of the molecule is C.CC(C)(C)OC(=O)N1CCC(C(C)(C)S(=O)(=O)c2cc(F)cc(C(F)(F)F)c2)CC1.CC(C)(C1CC[NH2+]CC1)S(=O)(=O)c1cc(F)cc(C(F)(F)F)c1.Cl.II. The molecule has 0 bridgehead atoms. The molecule has 0 atom stereocenters. The van der Waals surface area contributed by atoms with Crippen molar-refractivity contribution in [2.75, 3.05) is 26.2 Å². The maximum Gasteiger partial charge on any atom is 0.416 e. The van der Waals surface area contributed by atoms with Gasteiger partial charge in [0.05, 0.1) is 43.5 Å². The first-order valence-corrected chi connectivity index (χ1v) is 26.3. The molecule has 21 heteroatoms. The zero-order valence-electron chi connectivity index (χ0n) is 31.8. The molecule has 330 valence electrons. The molecule has 2 N–H and O–H groups in total. The molecule has 2 aromatic rings. The molecule has 0 unspecified atom stereocenters. The van der Waals surface area contributed by atoms with E-state index in [1.807, 2.05) is 0 Å². The summed E-state index contributed by atoms with van der Waals surface area (Å²) in [5, 5.41) is 2.07. The van der Waals surface area contributed by atoms with Crippen LogP contribution in [0.4, 0.5) is 39.9 Å². The first kappa shape index (κ1) is 55.8. The minimum atomic E-state index is -4.87. The lowest BCUT2D eigenvalue weighted by Gasteiger charge is -2.40. The van der Waals surface area contributed by atoms with Crippen molar-refractivity contribution in [3.63, 3.8) is 0 Å². The number of quaternary nitrogens is 1. The van der Waals surface area contributed by atoms with Gasteiger partial charge in [0.25, 0.3) is 0 Å². The van der Waals surface area contributed by atoms with Gasteiger partial charge < -0.3 is 15.0 Å². The Morgan fingerprint density at radius 1 is 0.667 bits per heavy atom. The van der Waals surface area contributed by atoms with Gasteiger partial charge in [-0.15, -0.1) is 12.4 Å². The summed E-state index contributed by atoms with van der Waals surface area (Å²) in [6, 6.07) is 2.85. The third-order valence-corrected chi connectivity index (χ3v) is 15.1. The van der Waals surface area contributed by atoms with Crippen molar-refractivity contribution in [3.8, 4) is 0 Å². The highest BCUT2D eigenvalue weighted by Crippen LogP contribution is 2.41. The van der Waals surface area contributed by atoms with Crippen molar-refractivity contribution in [3.05, 3.63) is 59.2 Å². The van der Waals surface area contributed by atoms with E-state index in [-0.39, 0.29) is 44.9 Å². The van der Waals surface area contributed by atoms with Crippen molar-refractivity contribution in [2.45, 2.75) is 119 Å². The van der Waals surface area contributed by atoms with Crippen LogP contribution in [0.1, 0.15) is 92.7 Å². The number of hydrogen-bond donors (Lipinski definition) is 1. The summed E-state index contributed by atoms with van der Waals surface area (Å²) in [5.41, 5.74) is -3.30. The topological polar surface area (TPSA) is 114 Å². The number of carbonyl (C=O) groups is 1. The monoisotopic (exact) mass is 1110 g/mol. The molecular weight excluding hydrogens is 1060 g/mol. The van der Waals surface area contributed by atoms with E-state index >= 15 is 0 Å². The van der Waals surface area contributed by atoms with Gasteiger partial charge in [0, 0.05) is 63.2 Å². The van der Waals surface area contributed by atoms with Gasteiger partial charge in [0.15, 0.2) is 19.7 Å². The van der Waals surface area contributed by atoms with E-state index in [2.05, 4.69) is 42.5 Å². The van der Waals surface area contributed by atoms with Crippen LogP contribution in [0.2, 0.25) is 0 Å². The number of carbonyl (C=O) groups excluding carboxylic acids is 1. The number of likely N-dealkylation sites (tertiary alicyclic amines) is 1. The van der Waals surface area contributed by atoms with E-state index < -0.39 is 91.7 Å². The predicted molar refractivity (Wildman–Crippen MR) is 222 cm³/mol. The Kier molecular flexibility index (Phi) is 20.6. The predicted octanol–water partition coefficient (Wildman–Crippen LogP) is 10.2. The number of hydrogen-bond acceptors (Lipinski definition) is 6. The van der Waals surface area contributed by atoms with E-state index in [0.29, 0.717) is 56.0 Å². The molecule has 0 aliphatic carbocycles. The lowest BCUT2D eigenvalue weighted by atomic mass is 9.86. The molecule has 57 heavy (non-hydrogen) atoms. The van der Waals surface area contributed by atoms with Crippen molar-refractivity contribution in [1.29, 1.82) is 0 Å². The molecule has 1 amide bonds. The molecule has 2 heterocycles. The molecular formula is C36H52ClF8I2N2O6S2+. The number of ether oxygens (including phenoxy) is 1. The minimum absolute atomic E-state index is 0. The number of rotatable bonds is 6. The Labute approximate surface area is 360 Å². The van der Waals surface area contributed by atoms with Gasteiger partial charge in [0.2, 0.25) is 0 Å². The second kappa shape index (κ2) is 21.0. The fourth-order valence-corrected chi connectivity index (χ4v) is 10.2. The molecule has 0 saturated carbocycles. The summed E-state index contributed by atoms with van der Waals surface area (Å²) in [5.74, 6) is -3.07. The normalized spacial score (nSPS) is 16.5. The number of alkyl halides is 6. The lowest BCUT2D eigenvalue weighted by Crippen LogP contribution is -2.86. The second-order valence-electron chi connectivity index (χ2n) is 15.4. The summed E-state index contributed by atoms with van der Waals surface area (Å²) in [6.07, 6.45) is -8.19. The molecule has 0 aromatic heterocycles. The summed E-state index contributed by atoms with van der Waals surface area (Å²) in [6.45, 7) is 13.2. The van der Waals surface area contributed by atoms with E-state index in [0.717, 1.165) is 13.1 Å². The zero-order valence-corrected chi connectivity index (χ0v) is 38.5. The highest BCUT2D eigenvalue weighted by molar-refractivity contribution is 15.0. The summed E-state index contributed by atoms with van der Waals surface area (Å²) in [4.78, 5) is 12.4. The Morgan fingerprint density at radius 2 is 1.00 bits per heavy atom. The molecule has 4 rings (SSSR count). The summed E-state index contributed by atoms with van der Waals surface area (Å²) < 4.78 is 159. The minimum Gasteiger partial charge on any atom is -0.444 e. The van der Waals surface area contributed by atoms with Crippen LogP contribution in [0.3, 0.4) is 0 Å². The van der Waals surface area contributed by atoms with Crippen LogP contribution in [0.25, 0.3) is 0 Å². The quantitative estimate of drug-likeness (QED) is 0.228. The number of nitrogens with two attached hydrogens (primary N) is 1. The number of halogens is 11. The number of nitrogens with zero attached hydrogens (tertiary/aromatic N) is 1. The molecule has 2 aliphatic rings. The molecule has 0 radical (unpaired) electrons. The van der Waals surface area contributed by atoms with Crippen molar-refractivity contribution in [1.82, 2.24) is 4.90 Å². The van der Waals surface area contributed by atoms with Crippen LogP contribution in [0, 0.1) is 23.5 Å². The molecule has 2 aliphatic heterocycles. The molecule has 0 spiro atoms. The van der Waals surface area contributed by atoms with Crippen LogP contribution in [0.5, 0.6) is 0 Å². The Balaban J connectivity index is 0.00000105. The van der Waals surface area contributed by atoms with Crippen LogP contribution >= 0.6 is 49.6 Å². The first-order valence-electron chi connectivity index (χ1n) is 17.1. The van der Waals surface area contributed by atoms with Gasteiger partial charge in [-0.05, 0) is 110 Å². The standard InChI is InChI=1S/C20H27F4NO4S.C15H19F4NO2S.CH4.ClH.I2/c1-18(2,3)29-17(26)25-8-6-13(7-9-25)19(4,5)30(27,28)16-11-14(20(22,23)24)10-15(21)12-16;1-14(2,10-3-5-20-6-4-10)23(21,22)13-8-11(15(17,18)19)7-12(16)9-13;;;1-2/h10-13H,6-9H2,1-5H3;7-10,20H,3-6H2,1-2H3;1H4;1H;/p+1. The van der Waals surface area contributed by atoms with Gasteiger partial charge >= 0.3 is 18.4 Å². The Morgan fingerprint density at radius 3 is 1.32 bits per heavy atom. The zero-order chi connectivity index (χ0) is 42.6. The van der Waals surface area contributed by atoms with Gasteiger partial charge in [-0.1, -0.05) is 7.43 Å². The van der Waals surface area contributed by atoms with Gasteiger partial charge in [-0.2, -0.15) is 26.3 Å². The van der Waals surface area contributed by atoms with Crippen LogP contribution in [0.15, 0.2) is 46.2 Å². The molecule has 2 saturated heterocycles. The largest absolute Gasteiger partial charge is 0.444 e. The van der Waals surface area contributed by atoms with Crippen LogP contribution < -0.4 is 5.32 Å². The van der Waals surface area contributed by atoms with Gasteiger partial charge in [-0.25, -0.2) is 30.4 Å². The van der Waals surface area contributed by atoms with Crippen molar-refractivity contribution in [2.24, 2.45) is 11.8 Å². The summed E-state index contributed by atoms with van der Waals surface area (Å²) >= 11 is 4.24. The van der Waals surface area contributed by atoms with Crippen LogP contribution in [-0.2, 0) is 36.8 Å². The maximum absolute atomic E-state index is 13.8. The summed E-state index contributed by atoms with van der Waals surface area (Å²) in [7, 11) is -8.38. The fraction of sp³-hybridized carbons (Fsp3) is 0.639. The van der Waals surface area contributed by atoms with Gasteiger partial charge in [0.1, 0.15) is 17.2 Å². The van der Waals surface area contributed by atoms with Gasteiger partial charge in [-0.3, -0.25) is 0 Å². The molecule has 2 aromatic carbocycles. The van der Waals surface area contributed by atoms with Crippen molar-refractivity contribution < 1.29 is 66.8 Å². The molecule has 2 fully saturated rings. The second-order valence-corrected chi connectivity index (χ2v) is 20.5. The lowest BCUT2D eigenvalue weighted by molar-refractivity contribution is -0.665. The number of piperidine rings is 2. The highest BCUT2D eigenvalue weighted by Gasteiger charge is 2.47. The average molecular weight is 1110 g/mol. The third kappa shape index (κ3) is 14.2. The number of amides is 1. The van der Waals surface area contributed by atoms with E-state index in [1.165, 1.54) is 32.6 Å². The Bertz CT molecular complexity index is 1860. The average Bonchev–Trinajstić information content (AvgIpc) is 3.07. The van der Waals surface area contributed by atoms with Crippen LogP contribution in [-0.4, -0.2) is 69.1 Å². The molecule has 8 nitrogen and oxygen atoms in total. The van der Waals surface area contributed by atoms with E-state index in [9.17, 15) is 56.8 Å². The van der Waals surface area contributed by atoms with E-state index in [1.54, 1.807) is 20.8 Å².